The molecule has 2 heterocycles. The van der Waals surface area contributed by atoms with Gasteiger partial charge in [0.25, 0.3) is 6.71 Å². The van der Waals surface area contributed by atoms with Crippen molar-refractivity contribution in [1.29, 1.82) is 0 Å². The molecule has 0 saturated heterocycles. The molecule has 4 heteroatoms. The van der Waals surface area contributed by atoms with E-state index in [1.54, 1.807) is 0 Å². The molecule has 0 radical (unpaired) electrons. The molecule has 1 aromatic heterocycles. The van der Waals surface area contributed by atoms with Gasteiger partial charge in [-0.05, 0) is 149 Å². The highest BCUT2D eigenvalue weighted by atomic mass is 16.3. The predicted octanol–water partition coefficient (Wildman–Crippen LogP) is 15.0. The van der Waals surface area contributed by atoms with Crippen LogP contribution in [0.15, 0.2) is 111 Å². The maximum atomic E-state index is 7.04. The van der Waals surface area contributed by atoms with E-state index in [2.05, 4.69) is 222 Å². The fourth-order valence-corrected chi connectivity index (χ4v) is 9.27. The van der Waals surface area contributed by atoms with Gasteiger partial charge < -0.3 is 14.6 Å². The highest BCUT2D eigenvalue weighted by Crippen LogP contribution is 2.44. The molecule has 324 valence electrons. The Bertz CT molecular complexity index is 2230. The molecule has 0 fully saturated rings. The monoisotopic (exact) mass is 809 g/mol. The summed E-state index contributed by atoms with van der Waals surface area (Å²) < 4.78 is 7.04. The lowest BCUT2D eigenvalue weighted by Crippen LogP contribution is -2.45. The number of hydrogen-bond acceptors (Lipinski definition) is 3. The zero-order valence-electron chi connectivity index (χ0n) is 41.6. The fourth-order valence-electron chi connectivity index (χ4n) is 9.27. The molecular weight excluding hydrogens is 727 g/mol. The lowest BCUT2D eigenvalue weighted by atomic mass is 9.36. The van der Waals surface area contributed by atoms with Crippen molar-refractivity contribution < 1.29 is 4.42 Å². The molecule has 1 N–H and O–H groups in total. The first-order valence-corrected chi connectivity index (χ1v) is 23.0. The Hall–Kier alpha value is -3.92. The van der Waals surface area contributed by atoms with Crippen LogP contribution in [0.4, 0.5) is 5.69 Å². The molecule has 3 aromatic rings. The number of benzene rings is 2. The van der Waals surface area contributed by atoms with Crippen LogP contribution in [0.5, 0.6) is 0 Å². The van der Waals surface area contributed by atoms with Crippen LogP contribution in [-0.4, -0.2) is 13.3 Å². The number of nitrogens with one attached hydrogen (secondary N) is 1. The number of nitrogens with zero attached hydrogens (tertiary/aromatic N) is 1. The number of rotatable bonds is 10. The largest absolute Gasteiger partial charge is 0.470 e. The molecule has 1 aliphatic carbocycles. The Kier molecular flexibility index (Phi) is 13.7. The SMILES string of the molecule is CC(C)=CC1=C(CNC2=CC(C(C)(C)C)C(C(C)C)C=C2)B(c2cc3cc(C(C)(C)C)ccc3o2)C(/C=C\CC(C)C)=C(C)N1c1cc(C(C)(C)C)c(C(C)(C)C)cc1C. The maximum absolute atomic E-state index is 7.04. The smallest absolute Gasteiger partial charge is 0.289 e. The first kappa shape index (κ1) is 47.1. The number of aryl methyl sites for hydroxylation is 1. The molecule has 1 aliphatic heterocycles. The number of furan rings is 1. The second-order valence-corrected chi connectivity index (χ2v) is 23.4. The van der Waals surface area contributed by atoms with E-state index >= 15 is 0 Å². The number of allylic oxidation sites excluding steroid dienone is 9. The highest BCUT2D eigenvalue weighted by molar-refractivity contribution is 6.86. The molecule has 0 saturated carbocycles. The van der Waals surface area contributed by atoms with Gasteiger partial charge in [0, 0.05) is 34.7 Å². The quantitative estimate of drug-likeness (QED) is 0.207. The van der Waals surface area contributed by atoms with Crippen LogP contribution >= 0.6 is 0 Å². The van der Waals surface area contributed by atoms with Gasteiger partial charge in [-0.2, -0.15) is 0 Å². The van der Waals surface area contributed by atoms with Gasteiger partial charge in [0.2, 0.25) is 0 Å². The molecule has 0 bridgehead atoms. The van der Waals surface area contributed by atoms with Crippen molar-refractivity contribution in [3.8, 4) is 0 Å². The van der Waals surface area contributed by atoms with Crippen molar-refractivity contribution in [3.63, 3.8) is 0 Å². The average Bonchev–Trinajstić information content (AvgIpc) is 3.53. The van der Waals surface area contributed by atoms with Crippen molar-refractivity contribution in [3.05, 3.63) is 129 Å². The van der Waals surface area contributed by atoms with E-state index in [-0.39, 0.29) is 28.4 Å². The minimum absolute atomic E-state index is 0.0110. The van der Waals surface area contributed by atoms with Gasteiger partial charge in [-0.15, -0.1) is 0 Å². The lowest BCUT2D eigenvalue weighted by Gasteiger charge is -2.41. The van der Waals surface area contributed by atoms with Crippen LogP contribution in [-0.2, 0) is 16.2 Å². The second-order valence-electron chi connectivity index (χ2n) is 23.4. The third kappa shape index (κ3) is 10.4. The lowest BCUT2D eigenvalue weighted by molar-refractivity contribution is 0.196. The zero-order valence-corrected chi connectivity index (χ0v) is 41.6. The number of anilines is 1. The summed E-state index contributed by atoms with van der Waals surface area (Å²) in [5, 5.41) is 5.21. The molecule has 2 aromatic carbocycles. The molecule has 2 aliphatic rings. The molecular formula is C56H81BN2O. The molecule has 2 atom stereocenters. The van der Waals surface area contributed by atoms with E-state index in [0.29, 0.717) is 30.2 Å². The maximum Gasteiger partial charge on any atom is 0.289 e. The van der Waals surface area contributed by atoms with Crippen molar-refractivity contribution >= 4 is 29.0 Å². The van der Waals surface area contributed by atoms with Crippen molar-refractivity contribution in [2.45, 2.75) is 161 Å². The third-order valence-electron chi connectivity index (χ3n) is 12.7. The van der Waals surface area contributed by atoms with Crippen LogP contribution in [0.3, 0.4) is 0 Å². The van der Waals surface area contributed by atoms with E-state index < -0.39 is 0 Å². The van der Waals surface area contributed by atoms with Crippen molar-refractivity contribution in [1.82, 2.24) is 5.32 Å². The van der Waals surface area contributed by atoms with Gasteiger partial charge >= 0.3 is 0 Å². The van der Waals surface area contributed by atoms with E-state index in [4.69, 9.17) is 4.42 Å². The van der Waals surface area contributed by atoms with Crippen LogP contribution in [0.2, 0.25) is 0 Å². The summed E-state index contributed by atoms with van der Waals surface area (Å²) in [5.41, 5.74) is 16.3. The molecule has 3 nitrogen and oxygen atoms in total. The van der Waals surface area contributed by atoms with Crippen LogP contribution in [0.1, 0.15) is 160 Å². The van der Waals surface area contributed by atoms with Crippen molar-refractivity contribution in [2.75, 3.05) is 11.4 Å². The minimum atomic E-state index is -0.0977. The highest BCUT2D eigenvalue weighted by Gasteiger charge is 2.40. The molecule has 0 amide bonds. The molecule has 2 unspecified atom stereocenters. The summed E-state index contributed by atoms with van der Waals surface area (Å²) in [6.45, 7) is 47.2. The van der Waals surface area contributed by atoms with Crippen LogP contribution < -0.4 is 15.9 Å². The van der Waals surface area contributed by atoms with E-state index in [9.17, 15) is 0 Å². The first-order chi connectivity index (χ1) is 27.6. The van der Waals surface area contributed by atoms with Crippen LogP contribution in [0.25, 0.3) is 11.0 Å². The summed E-state index contributed by atoms with van der Waals surface area (Å²) in [7, 11) is 0. The molecule has 60 heavy (non-hydrogen) atoms. The fraction of sp³-hybridized carbons (Fsp3) is 0.536. The number of hydrogen-bond donors (Lipinski definition) is 1. The minimum Gasteiger partial charge on any atom is -0.470 e. The van der Waals surface area contributed by atoms with Gasteiger partial charge in [0.1, 0.15) is 5.58 Å². The Morgan fingerprint density at radius 1 is 0.833 bits per heavy atom. The second kappa shape index (κ2) is 17.5. The van der Waals surface area contributed by atoms with E-state index in [1.165, 1.54) is 61.6 Å². The summed E-state index contributed by atoms with van der Waals surface area (Å²) in [4.78, 5) is 2.59. The Morgan fingerprint density at radius 3 is 2.02 bits per heavy atom. The Labute approximate surface area is 367 Å². The van der Waals surface area contributed by atoms with Gasteiger partial charge in [-0.25, -0.2) is 0 Å². The van der Waals surface area contributed by atoms with Gasteiger partial charge in [-0.3, -0.25) is 0 Å². The summed E-state index contributed by atoms with van der Waals surface area (Å²) in [6, 6.07) is 14.1. The Morgan fingerprint density at radius 2 is 1.47 bits per heavy atom. The molecule has 0 spiro atoms. The molecule has 5 rings (SSSR count). The van der Waals surface area contributed by atoms with Gasteiger partial charge in [-0.1, -0.05) is 153 Å². The van der Waals surface area contributed by atoms with Gasteiger partial charge in [0.15, 0.2) is 0 Å². The summed E-state index contributed by atoms with van der Waals surface area (Å²) in [6.07, 6.45) is 15.6. The summed E-state index contributed by atoms with van der Waals surface area (Å²) >= 11 is 0. The number of fused-ring (bicyclic) bond motifs is 1. The van der Waals surface area contributed by atoms with E-state index in [1.807, 2.05) is 0 Å². The normalized spacial score (nSPS) is 18.5. The van der Waals surface area contributed by atoms with Crippen LogP contribution in [0, 0.1) is 36.0 Å². The predicted molar refractivity (Wildman–Crippen MR) is 266 cm³/mol. The summed E-state index contributed by atoms with van der Waals surface area (Å²) in [5.74, 6) is 2.05. The van der Waals surface area contributed by atoms with E-state index in [0.717, 1.165) is 23.0 Å². The topological polar surface area (TPSA) is 28.4 Å². The Balaban J connectivity index is 1.86. The first-order valence-electron chi connectivity index (χ1n) is 23.0. The third-order valence-corrected chi connectivity index (χ3v) is 12.7. The van der Waals surface area contributed by atoms with Gasteiger partial charge in [0.05, 0.1) is 5.66 Å². The average molecular weight is 809 g/mol. The zero-order chi connectivity index (χ0) is 44.9. The van der Waals surface area contributed by atoms with Crippen molar-refractivity contribution in [2.24, 2.45) is 29.1 Å². The standard InChI is InChI=1S/C56H81BN2O/c1-35(2)22-21-23-47-39(8)59(49-33-46(56(18,19)20)45(29-38(49)7)55(15,16)17)50(28-36(3)4)48(34-58-42-25-26-43(37(5)6)44(32-42)54(12,13)14)57(47)52-31-40-30-41(53(9,10)11)24-27-51(40)60-52/h21,23-33,35,37,43-44,58H,22,34H2,1-20H3/b23-21-.